The second kappa shape index (κ2) is 10.3. The number of hydrogen-bond donors (Lipinski definition) is 2. The van der Waals surface area contributed by atoms with Crippen molar-refractivity contribution < 1.29 is 8.42 Å². The van der Waals surface area contributed by atoms with Crippen molar-refractivity contribution in [1.82, 2.24) is 20.2 Å². The van der Waals surface area contributed by atoms with Crippen LogP contribution in [0.4, 0.5) is 0 Å². The first-order valence-electron chi connectivity index (χ1n) is 10.2. The van der Waals surface area contributed by atoms with Gasteiger partial charge < -0.3 is 15.2 Å². The van der Waals surface area contributed by atoms with Gasteiger partial charge >= 0.3 is 0 Å². The number of H-pyrrole nitrogens is 1. The molecule has 1 heterocycles. The van der Waals surface area contributed by atoms with Gasteiger partial charge in [-0.05, 0) is 36.6 Å². The van der Waals surface area contributed by atoms with Gasteiger partial charge in [-0.1, -0.05) is 42.5 Å². The number of aromatic amines is 1. The molecule has 7 nitrogen and oxygen atoms in total. The van der Waals surface area contributed by atoms with Crippen molar-refractivity contribution in [2.24, 2.45) is 4.99 Å². The summed E-state index contributed by atoms with van der Waals surface area (Å²) in [5.74, 6) is 1.66. The van der Waals surface area contributed by atoms with E-state index in [4.69, 9.17) is 4.99 Å². The first kappa shape index (κ1) is 22.6. The fraction of sp³-hybridized carbons (Fsp3) is 0.304. The lowest BCUT2D eigenvalue weighted by molar-refractivity contribution is 0.464. The molecule has 0 spiro atoms. The molecule has 0 atom stereocenters. The van der Waals surface area contributed by atoms with Crippen LogP contribution in [0.1, 0.15) is 18.3 Å². The summed E-state index contributed by atoms with van der Waals surface area (Å²) in [5, 5.41) is 3.31. The van der Waals surface area contributed by atoms with Gasteiger partial charge in [0, 0.05) is 26.4 Å². The van der Waals surface area contributed by atoms with E-state index >= 15 is 0 Å². The molecular weight excluding hydrogens is 410 g/mol. The maximum absolute atomic E-state index is 11.6. The number of rotatable bonds is 8. The Morgan fingerprint density at radius 3 is 2.48 bits per heavy atom. The van der Waals surface area contributed by atoms with Crippen LogP contribution < -0.4 is 5.32 Å². The minimum Gasteiger partial charge on any atom is -0.357 e. The molecule has 2 N–H and O–H groups in total. The Kier molecular flexibility index (Phi) is 7.46. The van der Waals surface area contributed by atoms with Crippen LogP contribution in [-0.2, 0) is 22.8 Å². The van der Waals surface area contributed by atoms with Crippen LogP contribution in [-0.4, -0.2) is 55.6 Å². The molecule has 0 aliphatic carbocycles. The van der Waals surface area contributed by atoms with E-state index in [2.05, 4.69) is 27.4 Å². The summed E-state index contributed by atoms with van der Waals surface area (Å²) in [5.41, 5.74) is 3.14. The van der Waals surface area contributed by atoms with E-state index in [-0.39, 0.29) is 0 Å². The second-order valence-corrected chi connectivity index (χ2v) is 9.38. The minimum absolute atomic E-state index is 0.334. The maximum atomic E-state index is 11.6. The van der Waals surface area contributed by atoms with E-state index in [9.17, 15) is 8.42 Å². The number of nitrogens with zero attached hydrogens (tertiary/aromatic N) is 3. The summed E-state index contributed by atoms with van der Waals surface area (Å²) in [7, 11) is -1.19. The highest BCUT2D eigenvalue weighted by molar-refractivity contribution is 7.90. The Labute approximate surface area is 184 Å². The molecule has 0 fully saturated rings. The zero-order chi connectivity index (χ0) is 22.3. The summed E-state index contributed by atoms with van der Waals surface area (Å²) in [4.78, 5) is 15.0. The number of nitrogens with one attached hydrogen (secondary N) is 2. The Balaban J connectivity index is 1.61. The first-order chi connectivity index (χ1) is 14.9. The molecule has 2 aromatic carbocycles. The molecule has 0 unspecified atom stereocenters. The van der Waals surface area contributed by atoms with Gasteiger partial charge in [0.1, 0.15) is 5.82 Å². The number of guanidine groups is 1. The predicted octanol–water partition coefficient (Wildman–Crippen LogP) is 3.12. The largest absolute Gasteiger partial charge is 0.357 e. The smallest absolute Gasteiger partial charge is 0.194 e. The zero-order valence-electron chi connectivity index (χ0n) is 18.2. The van der Waals surface area contributed by atoms with E-state index < -0.39 is 9.84 Å². The molecule has 0 aliphatic heterocycles. The molecule has 0 saturated carbocycles. The number of imidazole rings is 1. The minimum atomic E-state index is -3.17. The van der Waals surface area contributed by atoms with Crippen molar-refractivity contribution in [3.05, 3.63) is 72.2 Å². The van der Waals surface area contributed by atoms with Crippen molar-refractivity contribution in [2.75, 3.05) is 26.4 Å². The molecule has 0 radical (unpaired) electrons. The number of sulfone groups is 1. The number of hydrogen-bond acceptors (Lipinski definition) is 4. The highest BCUT2D eigenvalue weighted by Crippen LogP contribution is 2.16. The van der Waals surface area contributed by atoms with Gasteiger partial charge in [-0.2, -0.15) is 0 Å². The molecule has 3 rings (SSSR count). The molecule has 8 heteroatoms. The second-order valence-electron chi connectivity index (χ2n) is 7.37. The average Bonchev–Trinajstić information content (AvgIpc) is 3.22. The van der Waals surface area contributed by atoms with Crippen LogP contribution in [0.5, 0.6) is 0 Å². The summed E-state index contributed by atoms with van der Waals surface area (Å²) in [6, 6.07) is 17.1. The van der Waals surface area contributed by atoms with Crippen LogP contribution in [0, 0.1) is 0 Å². The van der Waals surface area contributed by atoms with E-state index in [0.717, 1.165) is 41.6 Å². The molecule has 0 aliphatic rings. The lowest BCUT2D eigenvalue weighted by atomic mass is 10.1. The third-order valence-corrected chi connectivity index (χ3v) is 5.94. The topological polar surface area (TPSA) is 90.4 Å². The average molecular weight is 440 g/mol. The highest BCUT2D eigenvalue weighted by Gasteiger charge is 2.10. The van der Waals surface area contributed by atoms with Crippen molar-refractivity contribution in [2.45, 2.75) is 24.8 Å². The normalized spacial score (nSPS) is 12.0. The maximum Gasteiger partial charge on any atom is 0.194 e. The van der Waals surface area contributed by atoms with Crippen LogP contribution in [0.3, 0.4) is 0 Å². The monoisotopic (exact) mass is 439 g/mol. The molecule has 0 amide bonds. The highest BCUT2D eigenvalue weighted by atomic mass is 32.2. The fourth-order valence-electron chi connectivity index (χ4n) is 3.17. The van der Waals surface area contributed by atoms with Crippen LogP contribution in [0.25, 0.3) is 11.3 Å². The summed E-state index contributed by atoms with van der Waals surface area (Å²) < 4.78 is 23.2. The van der Waals surface area contributed by atoms with Gasteiger partial charge in [-0.25, -0.2) is 13.4 Å². The van der Waals surface area contributed by atoms with Crippen LogP contribution in [0.2, 0.25) is 0 Å². The lowest BCUT2D eigenvalue weighted by Gasteiger charge is -2.21. The van der Waals surface area contributed by atoms with Crippen molar-refractivity contribution in [3.63, 3.8) is 0 Å². The van der Waals surface area contributed by atoms with Crippen molar-refractivity contribution in [1.29, 1.82) is 0 Å². The Morgan fingerprint density at radius 1 is 1.13 bits per heavy atom. The van der Waals surface area contributed by atoms with E-state index in [1.807, 2.05) is 55.4 Å². The molecule has 1 aromatic heterocycles. The van der Waals surface area contributed by atoms with Gasteiger partial charge in [0.2, 0.25) is 0 Å². The molecule has 3 aromatic rings. The molecule has 0 saturated heterocycles. The fourth-order valence-corrected chi connectivity index (χ4v) is 3.80. The quantitative estimate of drug-likeness (QED) is 0.416. The van der Waals surface area contributed by atoms with Gasteiger partial charge in [-0.15, -0.1) is 0 Å². The number of aliphatic imine (C=N–C) groups is 1. The summed E-state index contributed by atoms with van der Waals surface area (Å²) in [6.07, 6.45) is 3.79. The SMILES string of the molecule is CCNC(=NCCc1ccc(S(C)(=O)=O)cc1)N(C)Cc1ncc(-c2ccccc2)[nH]1. The van der Waals surface area contributed by atoms with Crippen molar-refractivity contribution in [3.8, 4) is 11.3 Å². The third kappa shape index (κ3) is 6.42. The lowest BCUT2D eigenvalue weighted by Crippen LogP contribution is -2.38. The Bertz CT molecular complexity index is 1110. The number of aromatic nitrogens is 2. The van der Waals surface area contributed by atoms with E-state index in [1.54, 1.807) is 12.1 Å². The Hall–Kier alpha value is -3.13. The molecule has 0 bridgehead atoms. The molecular formula is C23H29N5O2S. The van der Waals surface area contributed by atoms with Crippen LogP contribution >= 0.6 is 0 Å². The van der Waals surface area contributed by atoms with E-state index in [1.165, 1.54) is 6.26 Å². The first-order valence-corrected chi connectivity index (χ1v) is 12.1. The van der Waals surface area contributed by atoms with Crippen LogP contribution in [0.15, 0.2) is 70.7 Å². The zero-order valence-corrected chi connectivity index (χ0v) is 19.0. The van der Waals surface area contributed by atoms with E-state index in [0.29, 0.717) is 18.0 Å². The van der Waals surface area contributed by atoms with Gasteiger partial charge in [0.05, 0.1) is 23.3 Å². The van der Waals surface area contributed by atoms with Gasteiger partial charge in [-0.3, -0.25) is 4.99 Å². The summed E-state index contributed by atoms with van der Waals surface area (Å²) in [6.45, 7) is 3.99. The van der Waals surface area contributed by atoms with Crippen molar-refractivity contribution >= 4 is 15.8 Å². The number of benzene rings is 2. The van der Waals surface area contributed by atoms with Gasteiger partial charge in [0.25, 0.3) is 0 Å². The Morgan fingerprint density at radius 2 is 1.84 bits per heavy atom. The standard InChI is InChI=1S/C23H29N5O2S/c1-4-24-23(25-15-14-18-10-12-20(13-11-18)31(3,29)30)28(2)17-22-26-16-21(27-22)19-8-6-5-7-9-19/h5-13,16H,4,14-15,17H2,1-3H3,(H,24,25)(H,26,27). The third-order valence-electron chi connectivity index (χ3n) is 4.81. The predicted molar refractivity (Wildman–Crippen MR) is 125 cm³/mol. The summed E-state index contributed by atoms with van der Waals surface area (Å²) >= 11 is 0. The molecule has 31 heavy (non-hydrogen) atoms. The molecule has 164 valence electrons. The van der Waals surface area contributed by atoms with Gasteiger partial charge in [0.15, 0.2) is 15.8 Å².